The molecule has 4 aromatic rings. The summed E-state index contributed by atoms with van der Waals surface area (Å²) in [6, 6.07) is 16.7. The van der Waals surface area contributed by atoms with Gasteiger partial charge in [0, 0.05) is 36.1 Å². The molecule has 6 nitrogen and oxygen atoms in total. The highest BCUT2D eigenvalue weighted by atomic mass is 35.5. The van der Waals surface area contributed by atoms with Gasteiger partial charge in [0.2, 0.25) is 5.95 Å². The summed E-state index contributed by atoms with van der Waals surface area (Å²) >= 11 is 5.96. The van der Waals surface area contributed by atoms with E-state index in [4.69, 9.17) is 11.6 Å². The molecule has 0 radical (unpaired) electrons. The minimum atomic E-state index is -0.355. The molecule has 0 aliphatic carbocycles. The molecule has 0 fully saturated rings. The molecule has 0 saturated carbocycles. The third-order valence-electron chi connectivity index (χ3n) is 4.15. The maximum Gasteiger partial charge on any atom is 0.276 e. The third-order valence-corrected chi connectivity index (χ3v) is 4.39. The molecule has 3 aromatic heterocycles. The zero-order valence-electron chi connectivity index (χ0n) is 14.3. The lowest BCUT2D eigenvalue weighted by molar-refractivity contribution is 0.102. The van der Waals surface area contributed by atoms with Crippen molar-refractivity contribution < 1.29 is 4.79 Å². The van der Waals surface area contributed by atoms with Crippen molar-refractivity contribution in [3.63, 3.8) is 0 Å². The number of pyridine rings is 2. The number of anilines is 1. The van der Waals surface area contributed by atoms with Gasteiger partial charge in [-0.05, 0) is 36.4 Å². The molecule has 3 heterocycles. The molecule has 0 atom stereocenters. The lowest BCUT2D eigenvalue weighted by Crippen LogP contribution is -2.17. The summed E-state index contributed by atoms with van der Waals surface area (Å²) < 4.78 is 1.98. The Morgan fingerprint density at radius 1 is 1.04 bits per heavy atom. The van der Waals surface area contributed by atoms with Crippen LogP contribution in [0.4, 0.5) is 5.95 Å². The topological polar surface area (TPSA) is 72.7 Å². The van der Waals surface area contributed by atoms with Crippen LogP contribution in [0.25, 0.3) is 11.0 Å². The molecule has 1 N–H and O–H groups in total. The number of nitrogens with one attached hydrogen (secondary N) is 1. The molecular weight excluding hydrogens is 362 g/mol. The van der Waals surface area contributed by atoms with Crippen LogP contribution < -0.4 is 5.32 Å². The summed E-state index contributed by atoms with van der Waals surface area (Å²) in [6.07, 6.45) is 4.00. The first kappa shape index (κ1) is 17.2. The van der Waals surface area contributed by atoms with E-state index in [1.54, 1.807) is 12.3 Å². The maximum absolute atomic E-state index is 12.6. The van der Waals surface area contributed by atoms with Crippen LogP contribution in [0.15, 0.2) is 67.0 Å². The Balaban J connectivity index is 1.64. The summed E-state index contributed by atoms with van der Waals surface area (Å²) in [5.41, 5.74) is 2.98. The summed E-state index contributed by atoms with van der Waals surface area (Å²) in [6.45, 7) is 0.635. The van der Waals surface area contributed by atoms with Gasteiger partial charge >= 0.3 is 0 Å². The number of rotatable bonds is 5. The molecule has 0 unspecified atom stereocenters. The number of imidazole rings is 1. The number of aromatic nitrogens is 4. The Bertz CT molecular complexity index is 1090. The number of amides is 1. The van der Waals surface area contributed by atoms with E-state index in [1.165, 1.54) is 12.3 Å². The van der Waals surface area contributed by atoms with Gasteiger partial charge in [0.15, 0.2) is 0 Å². The van der Waals surface area contributed by atoms with Crippen LogP contribution in [0.2, 0.25) is 5.02 Å². The highest BCUT2D eigenvalue weighted by Crippen LogP contribution is 2.21. The summed E-state index contributed by atoms with van der Waals surface area (Å²) in [5.74, 6) is 0.116. The van der Waals surface area contributed by atoms with Crippen LogP contribution in [-0.4, -0.2) is 25.4 Å². The van der Waals surface area contributed by atoms with E-state index in [1.807, 2.05) is 47.0 Å². The summed E-state index contributed by atoms with van der Waals surface area (Å²) in [7, 11) is 0. The van der Waals surface area contributed by atoms with Crippen molar-refractivity contribution in [1.82, 2.24) is 19.5 Å². The molecule has 7 heteroatoms. The number of fused-ring (bicyclic) bond motifs is 1. The van der Waals surface area contributed by atoms with Gasteiger partial charge in [-0.3, -0.25) is 20.1 Å². The molecule has 0 spiro atoms. The Labute approximate surface area is 160 Å². The molecule has 4 rings (SSSR count). The second-order valence-corrected chi connectivity index (χ2v) is 6.40. The van der Waals surface area contributed by atoms with Crippen LogP contribution in [-0.2, 0) is 13.0 Å². The molecule has 0 bridgehead atoms. The van der Waals surface area contributed by atoms with Gasteiger partial charge in [-0.1, -0.05) is 29.8 Å². The van der Waals surface area contributed by atoms with E-state index in [0.717, 1.165) is 23.1 Å². The number of carbonyl (C=O) groups is 1. The van der Waals surface area contributed by atoms with Crippen LogP contribution >= 0.6 is 11.6 Å². The van der Waals surface area contributed by atoms with Crippen LogP contribution in [0, 0.1) is 0 Å². The normalized spacial score (nSPS) is 10.9. The zero-order chi connectivity index (χ0) is 18.6. The molecule has 27 heavy (non-hydrogen) atoms. The van der Waals surface area contributed by atoms with Crippen molar-refractivity contribution in [2.75, 3.05) is 5.32 Å². The monoisotopic (exact) mass is 377 g/mol. The first-order valence-corrected chi connectivity index (χ1v) is 8.86. The van der Waals surface area contributed by atoms with Gasteiger partial charge in [-0.2, -0.15) is 0 Å². The van der Waals surface area contributed by atoms with Gasteiger partial charge in [0.05, 0.1) is 11.0 Å². The SMILES string of the molecule is O=C(Nc1nc2ccccc2n1CCc1ccccn1)c1cc(Cl)ccn1. The number of benzene rings is 1. The molecule has 0 saturated heterocycles. The number of hydrogen-bond acceptors (Lipinski definition) is 4. The lowest BCUT2D eigenvalue weighted by Gasteiger charge is -2.10. The largest absolute Gasteiger partial charge is 0.310 e. The van der Waals surface area contributed by atoms with Crippen molar-refractivity contribution in [1.29, 1.82) is 0 Å². The fourth-order valence-electron chi connectivity index (χ4n) is 2.86. The lowest BCUT2D eigenvalue weighted by atomic mass is 10.2. The second kappa shape index (κ2) is 7.55. The minimum absolute atomic E-state index is 0.242. The Kier molecular flexibility index (Phi) is 4.80. The van der Waals surface area contributed by atoms with Gasteiger partial charge in [-0.15, -0.1) is 0 Å². The van der Waals surface area contributed by atoms with Gasteiger partial charge < -0.3 is 4.57 Å². The fourth-order valence-corrected chi connectivity index (χ4v) is 3.02. The molecule has 0 aliphatic heterocycles. The van der Waals surface area contributed by atoms with Crippen molar-refractivity contribution >= 4 is 34.5 Å². The highest BCUT2D eigenvalue weighted by Gasteiger charge is 2.15. The van der Waals surface area contributed by atoms with Crippen LogP contribution in [0.1, 0.15) is 16.2 Å². The predicted molar refractivity (Wildman–Crippen MR) is 105 cm³/mol. The average Bonchev–Trinajstić information content (AvgIpc) is 3.04. The maximum atomic E-state index is 12.6. The van der Waals surface area contributed by atoms with Crippen molar-refractivity contribution in [2.45, 2.75) is 13.0 Å². The minimum Gasteiger partial charge on any atom is -0.310 e. The van der Waals surface area contributed by atoms with Crippen molar-refractivity contribution in [2.24, 2.45) is 0 Å². The Hall–Kier alpha value is -3.25. The third kappa shape index (κ3) is 3.80. The number of carbonyl (C=O) groups excluding carboxylic acids is 1. The fraction of sp³-hybridized carbons (Fsp3) is 0.100. The van der Waals surface area contributed by atoms with Gasteiger partial charge in [0.1, 0.15) is 5.69 Å². The smallest absolute Gasteiger partial charge is 0.276 e. The Morgan fingerprint density at radius 3 is 2.70 bits per heavy atom. The summed E-state index contributed by atoms with van der Waals surface area (Å²) in [5, 5.41) is 3.31. The van der Waals surface area contributed by atoms with E-state index in [-0.39, 0.29) is 11.6 Å². The number of para-hydroxylation sites is 2. The van der Waals surface area contributed by atoms with E-state index >= 15 is 0 Å². The van der Waals surface area contributed by atoms with E-state index in [9.17, 15) is 4.79 Å². The molecule has 0 aliphatic rings. The van der Waals surface area contributed by atoms with Gasteiger partial charge in [0.25, 0.3) is 5.91 Å². The second-order valence-electron chi connectivity index (χ2n) is 5.96. The van der Waals surface area contributed by atoms with Crippen LogP contribution in [0.3, 0.4) is 0 Å². The van der Waals surface area contributed by atoms with Gasteiger partial charge in [-0.25, -0.2) is 4.98 Å². The highest BCUT2D eigenvalue weighted by molar-refractivity contribution is 6.30. The average molecular weight is 378 g/mol. The first-order valence-electron chi connectivity index (χ1n) is 8.49. The number of nitrogens with zero attached hydrogens (tertiary/aromatic N) is 4. The van der Waals surface area contributed by atoms with E-state index in [2.05, 4.69) is 20.3 Å². The van der Waals surface area contributed by atoms with Crippen molar-refractivity contribution in [3.05, 3.63) is 83.4 Å². The zero-order valence-corrected chi connectivity index (χ0v) is 15.1. The molecule has 1 aromatic carbocycles. The van der Waals surface area contributed by atoms with Crippen molar-refractivity contribution in [3.8, 4) is 0 Å². The number of halogens is 1. The Morgan fingerprint density at radius 2 is 1.89 bits per heavy atom. The number of hydrogen-bond donors (Lipinski definition) is 1. The quantitative estimate of drug-likeness (QED) is 0.571. The standard InChI is InChI=1S/C20H16ClN5O/c21-14-8-11-23-17(13-14)19(27)25-20-24-16-6-1-2-7-18(16)26(20)12-9-15-5-3-4-10-22-15/h1-8,10-11,13H,9,12H2,(H,24,25,27). The number of aryl methyl sites for hydroxylation is 2. The molecule has 1 amide bonds. The molecular formula is C20H16ClN5O. The van der Waals surface area contributed by atoms with E-state index < -0.39 is 0 Å². The first-order chi connectivity index (χ1) is 13.2. The molecule has 134 valence electrons. The van der Waals surface area contributed by atoms with Crippen LogP contribution in [0.5, 0.6) is 0 Å². The summed E-state index contributed by atoms with van der Waals surface area (Å²) in [4.78, 5) is 25.6. The predicted octanol–water partition coefficient (Wildman–Crippen LogP) is 3.97. The van der Waals surface area contributed by atoms with E-state index in [0.29, 0.717) is 17.5 Å².